The van der Waals surface area contributed by atoms with Gasteiger partial charge in [0.1, 0.15) is 0 Å². The van der Waals surface area contributed by atoms with E-state index in [-0.39, 0.29) is 17.2 Å². The van der Waals surface area contributed by atoms with Crippen LogP contribution in [0.1, 0.15) is 52.4 Å². The molecular formula is C23H32N2O2. The number of allylic oxidation sites excluding steroid dienone is 4. The maximum absolute atomic E-state index is 12.4. The lowest BCUT2D eigenvalue weighted by molar-refractivity contribution is -0.111. The summed E-state index contributed by atoms with van der Waals surface area (Å²) < 4.78 is 0. The summed E-state index contributed by atoms with van der Waals surface area (Å²) in [4.78, 5) is 26.5. The van der Waals surface area contributed by atoms with Gasteiger partial charge in [-0.05, 0) is 86.7 Å². The Balaban J connectivity index is 1.47. The first-order valence-electron chi connectivity index (χ1n) is 10.8. The van der Waals surface area contributed by atoms with Crippen LogP contribution in [0.4, 0.5) is 4.79 Å². The van der Waals surface area contributed by atoms with Crippen molar-refractivity contribution in [3.63, 3.8) is 0 Å². The number of hydrogen-bond acceptors (Lipinski definition) is 2. The third kappa shape index (κ3) is 2.16. The number of nitrogens with one attached hydrogen (secondary N) is 1. The van der Waals surface area contributed by atoms with Gasteiger partial charge in [-0.1, -0.05) is 18.6 Å². The number of fused-ring (bicyclic) bond motifs is 4. The maximum atomic E-state index is 12.4. The highest BCUT2D eigenvalue weighted by molar-refractivity contribution is 6.01. The van der Waals surface area contributed by atoms with Crippen LogP contribution >= 0.6 is 0 Å². The zero-order valence-corrected chi connectivity index (χ0v) is 16.8. The first kappa shape index (κ1) is 17.5. The Labute approximate surface area is 162 Å². The fourth-order valence-electron chi connectivity index (χ4n) is 8.16. The van der Waals surface area contributed by atoms with Crippen LogP contribution in [0.2, 0.25) is 0 Å². The van der Waals surface area contributed by atoms with Crippen molar-refractivity contribution in [3.05, 3.63) is 23.8 Å². The Hall–Kier alpha value is -1.58. The minimum absolute atomic E-state index is 0.0707. The summed E-state index contributed by atoms with van der Waals surface area (Å²) in [5.41, 5.74) is 1.77. The molecule has 1 spiro atoms. The summed E-state index contributed by atoms with van der Waals surface area (Å²) in [5.74, 6) is 2.96. The van der Waals surface area contributed by atoms with Crippen molar-refractivity contribution >= 4 is 11.8 Å². The molecule has 1 aliphatic heterocycles. The van der Waals surface area contributed by atoms with E-state index in [4.69, 9.17) is 0 Å². The number of urea groups is 1. The Morgan fingerprint density at radius 2 is 1.96 bits per heavy atom. The van der Waals surface area contributed by atoms with Crippen molar-refractivity contribution < 1.29 is 9.59 Å². The quantitative estimate of drug-likeness (QED) is 0.704. The van der Waals surface area contributed by atoms with Gasteiger partial charge in [0, 0.05) is 25.0 Å². The molecule has 4 heteroatoms. The van der Waals surface area contributed by atoms with E-state index >= 15 is 0 Å². The van der Waals surface area contributed by atoms with E-state index in [1.165, 1.54) is 37.7 Å². The molecule has 3 saturated carbocycles. The first-order valence-corrected chi connectivity index (χ1v) is 10.8. The van der Waals surface area contributed by atoms with Crippen molar-refractivity contribution in [2.75, 3.05) is 13.6 Å². The second-order valence-corrected chi connectivity index (χ2v) is 9.98. The van der Waals surface area contributed by atoms with Gasteiger partial charge in [0.15, 0.2) is 5.78 Å². The van der Waals surface area contributed by atoms with Crippen LogP contribution in [-0.2, 0) is 4.79 Å². The van der Waals surface area contributed by atoms with Crippen molar-refractivity contribution in [1.29, 1.82) is 0 Å². The highest BCUT2D eigenvalue weighted by Gasteiger charge is 2.65. The van der Waals surface area contributed by atoms with E-state index in [0.717, 1.165) is 24.8 Å². The van der Waals surface area contributed by atoms with Crippen molar-refractivity contribution in [2.45, 2.75) is 58.4 Å². The number of likely N-dealkylation sites (tertiary alicyclic amines) is 1. The fourth-order valence-corrected chi connectivity index (χ4v) is 8.16. The number of hydrogen-bond donors (Lipinski definition) is 1. The SMILES string of the molecule is CNC(=O)N1CC23CCC4C(CCC5=CC(=O)C=CC54C)C2CCC3C1C. The lowest BCUT2D eigenvalue weighted by Crippen LogP contribution is -2.51. The Kier molecular flexibility index (Phi) is 3.71. The van der Waals surface area contributed by atoms with Crippen LogP contribution in [0.15, 0.2) is 23.8 Å². The molecule has 5 rings (SSSR count). The molecule has 1 saturated heterocycles. The summed E-state index contributed by atoms with van der Waals surface area (Å²) in [6.45, 7) is 5.58. The van der Waals surface area contributed by atoms with E-state index in [9.17, 15) is 9.59 Å². The molecule has 4 nitrogen and oxygen atoms in total. The second-order valence-electron chi connectivity index (χ2n) is 9.98. The van der Waals surface area contributed by atoms with Crippen LogP contribution in [-0.4, -0.2) is 36.3 Å². The van der Waals surface area contributed by atoms with Crippen LogP contribution in [0, 0.1) is 34.5 Å². The molecule has 0 radical (unpaired) electrons. The standard InChI is InChI=1S/C23H32N2O2/c1-14-18-6-7-20-17-5-4-15-12-16(26)8-10-22(15,2)19(17)9-11-23(18,20)13-25(14)21(27)24-3/h8,10,12,14,17-20H,4-7,9,11,13H2,1-3H3,(H,24,27). The number of ketones is 1. The van der Waals surface area contributed by atoms with Crippen molar-refractivity contribution in [1.82, 2.24) is 10.2 Å². The van der Waals surface area contributed by atoms with Gasteiger partial charge in [-0.3, -0.25) is 4.79 Å². The van der Waals surface area contributed by atoms with E-state index < -0.39 is 0 Å². The summed E-state index contributed by atoms with van der Waals surface area (Å²) >= 11 is 0. The van der Waals surface area contributed by atoms with Crippen LogP contribution < -0.4 is 5.32 Å². The number of carbonyl (C=O) groups excluding carboxylic acids is 2. The predicted octanol–water partition coefficient (Wildman–Crippen LogP) is 3.93. The molecule has 4 aliphatic carbocycles. The van der Waals surface area contributed by atoms with Gasteiger partial charge in [-0.2, -0.15) is 0 Å². The zero-order valence-electron chi connectivity index (χ0n) is 16.8. The molecule has 7 atom stereocenters. The lowest BCUT2D eigenvalue weighted by atomic mass is 9.47. The van der Waals surface area contributed by atoms with Crippen LogP contribution in [0.3, 0.4) is 0 Å². The smallest absolute Gasteiger partial charge is 0.317 e. The summed E-state index contributed by atoms with van der Waals surface area (Å²) in [5, 5.41) is 2.86. The van der Waals surface area contributed by atoms with Gasteiger partial charge in [0.05, 0.1) is 0 Å². The van der Waals surface area contributed by atoms with Gasteiger partial charge in [-0.15, -0.1) is 0 Å². The minimum atomic E-state index is 0.0707. The Morgan fingerprint density at radius 1 is 1.19 bits per heavy atom. The molecule has 1 heterocycles. The van der Waals surface area contributed by atoms with E-state index in [1.807, 2.05) is 6.08 Å². The highest BCUT2D eigenvalue weighted by Crippen LogP contribution is 2.68. The molecule has 27 heavy (non-hydrogen) atoms. The lowest BCUT2D eigenvalue weighted by Gasteiger charge is -2.56. The number of amides is 2. The summed E-state index contributed by atoms with van der Waals surface area (Å²) in [6, 6.07) is 0.454. The highest BCUT2D eigenvalue weighted by atomic mass is 16.2. The molecule has 4 fully saturated rings. The normalized spacial score (nSPS) is 47.7. The second kappa shape index (κ2) is 5.71. The van der Waals surface area contributed by atoms with E-state index in [0.29, 0.717) is 23.3 Å². The van der Waals surface area contributed by atoms with Crippen LogP contribution in [0.5, 0.6) is 0 Å². The average Bonchev–Trinajstić information content (AvgIpc) is 3.16. The van der Waals surface area contributed by atoms with Gasteiger partial charge >= 0.3 is 6.03 Å². The minimum Gasteiger partial charge on any atom is -0.341 e. The van der Waals surface area contributed by atoms with E-state index in [1.54, 1.807) is 13.1 Å². The number of carbonyl (C=O) groups is 2. The van der Waals surface area contributed by atoms with Gasteiger partial charge in [0.2, 0.25) is 0 Å². The summed E-state index contributed by atoms with van der Waals surface area (Å²) in [7, 11) is 1.75. The molecule has 0 bridgehead atoms. The molecule has 0 aromatic carbocycles. The largest absolute Gasteiger partial charge is 0.341 e. The molecule has 1 N–H and O–H groups in total. The molecule has 5 aliphatic rings. The zero-order chi connectivity index (χ0) is 19.0. The number of rotatable bonds is 0. The predicted molar refractivity (Wildman–Crippen MR) is 105 cm³/mol. The maximum Gasteiger partial charge on any atom is 0.317 e. The van der Waals surface area contributed by atoms with Gasteiger partial charge in [-0.25, -0.2) is 4.79 Å². The molecule has 2 amide bonds. The summed E-state index contributed by atoms with van der Waals surface area (Å²) in [6.07, 6.45) is 13.3. The molecule has 0 aromatic heterocycles. The topological polar surface area (TPSA) is 49.4 Å². The number of nitrogens with zero attached hydrogens (tertiary/aromatic N) is 1. The van der Waals surface area contributed by atoms with Crippen LogP contribution in [0.25, 0.3) is 0 Å². The molecule has 7 unspecified atom stereocenters. The Bertz CT molecular complexity index is 755. The fraction of sp³-hybridized carbons (Fsp3) is 0.739. The molecule has 0 aromatic rings. The molecule has 146 valence electrons. The molecular weight excluding hydrogens is 336 g/mol. The van der Waals surface area contributed by atoms with Gasteiger partial charge < -0.3 is 10.2 Å². The van der Waals surface area contributed by atoms with Crippen molar-refractivity contribution in [3.8, 4) is 0 Å². The van der Waals surface area contributed by atoms with E-state index in [2.05, 4.69) is 30.1 Å². The van der Waals surface area contributed by atoms with Gasteiger partial charge in [0.25, 0.3) is 0 Å². The average molecular weight is 369 g/mol. The first-order chi connectivity index (χ1) is 12.9. The monoisotopic (exact) mass is 368 g/mol. The van der Waals surface area contributed by atoms with Crippen molar-refractivity contribution in [2.24, 2.45) is 34.5 Å². The Morgan fingerprint density at radius 3 is 2.74 bits per heavy atom. The third-order valence-corrected chi connectivity index (χ3v) is 9.35. The third-order valence-electron chi connectivity index (χ3n) is 9.35.